The molecule has 0 aliphatic carbocycles. The van der Waals surface area contributed by atoms with Gasteiger partial charge in [-0.2, -0.15) is 0 Å². The highest BCUT2D eigenvalue weighted by Gasteiger charge is 2.33. The Morgan fingerprint density at radius 1 is 1.29 bits per heavy atom. The van der Waals surface area contributed by atoms with Gasteiger partial charge in [0.2, 0.25) is 0 Å². The molecule has 0 bridgehead atoms. The quantitative estimate of drug-likeness (QED) is 0.920. The molecule has 2 saturated heterocycles. The molecular weight excluding hydrogens is 307 g/mol. The number of ether oxygens (including phenoxy) is 1. The second kappa shape index (κ2) is 7.19. The molecular formula is C19H27FN2O2. The lowest BCUT2D eigenvalue weighted by Crippen LogP contribution is -2.46. The van der Waals surface area contributed by atoms with Crippen LogP contribution in [0.2, 0.25) is 0 Å². The number of rotatable bonds is 4. The molecule has 3 rings (SSSR count). The van der Waals surface area contributed by atoms with Crippen LogP contribution < -0.4 is 5.32 Å². The summed E-state index contributed by atoms with van der Waals surface area (Å²) in [6.07, 6.45) is 4.36. The van der Waals surface area contributed by atoms with E-state index in [1.165, 1.54) is 12.1 Å². The van der Waals surface area contributed by atoms with Gasteiger partial charge in [0.25, 0.3) is 5.91 Å². The Bertz CT molecular complexity index is 582. The van der Waals surface area contributed by atoms with Crippen LogP contribution in [0.3, 0.4) is 0 Å². The van der Waals surface area contributed by atoms with Crippen molar-refractivity contribution in [2.45, 2.75) is 57.3 Å². The maximum atomic E-state index is 13.7. The molecule has 2 fully saturated rings. The highest BCUT2D eigenvalue weighted by Crippen LogP contribution is 2.30. The number of nitrogens with zero attached hydrogens (tertiary/aromatic N) is 1. The average Bonchev–Trinajstić information content (AvgIpc) is 2.88. The number of likely N-dealkylation sites (tertiary alicyclic amines) is 1. The van der Waals surface area contributed by atoms with Crippen LogP contribution in [0.25, 0.3) is 0 Å². The number of hydrogen-bond donors (Lipinski definition) is 1. The minimum Gasteiger partial charge on any atom is -0.371 e. The van der Waals surface area contributed by atoms with Crippen LogP contribution >= 0.6 is 0 Å². The molecule has 5 heteroatoms. The van der Waals surface area contributed by atoms with Crippen LogP contribution in [0, 0.1) is 5.82 Å². The molecule has 0 radical (unpaired) electrons. The summed E-state index contributed by atoms with van der Waals surface area (Å²) in [5.41, 5.74) is 0.137. The number of carbonyl (C=O) groups excluding carboxylic acids is 1. The molecule has 1 aromatic carbocycles. The lowest BCUT2D eigenvalue weighted by molar-refractivity contribution is -0.0312. The largest absolute Gasteiger partial charge is 0.371 e. The molecule has 2 aliphatic heterocycles. The summed E-state index contributed by atoms with van der Waals surface area (Å²) in [7, 11) is 0. The smallest absolute Gasteiger partial charge is 0.254 e. The van der Waals surface area contributed by atoms with Gasteiger partial charge in [-0.25, -0.2) is 4.39 Å². The highest BCUT2D eigenvalue weighted by atomic mass is 19.1. The Balaban J connectivity index is 1.44. The van der Waals surface area contributed by atoms with Crippen LogP contribution in [0.1, 0.15) is 49.9 Å². The molecule has 2 aliphatic rings. The van der Waals surface area contributed by atoms with E-state index in [9.17, 15) is 9.18 Å². The average molecular weight is 334 g/mol. The molecule has 0 saturated carbocycles. The van der Waals surface area contributed by atoms with Gasteiger partial charge in [-0.3, -0.25) is 4.79 Å². The third kappa shape index (κ3) is 4.33. The van der Waals surface area contributed by atoms with E-state index in [1.54, 1.807) is 12.1 Å². The van der Waals surface area contributed by atoms with E-state index in [4.69, 9.17) is 4.74 Å². The maximum Gasteiger partial charge on any atom is 0.254 e. The topological polar surface area (TPSA) is 41.6 Å². The van der Waals surface area contributed by atoms with Gasteiger partial charge >= 0.3 is 0 Å². The van der Waals surface area contributed by atoms with E-state index >= 15 is 0 Å². The van der Waals surface area contributed by atoms with Crippen molar-refractivity contribution in [3.63, 3.8) is 0 Å². The van der Waals surface area contributed by atoms with E-state index < -0.39 is 5.82 Å². The first-order valence-electron chi connectivity index (χ1n) is 8.88. The van der Waals surface area contributed by atoms with E-state index in [0.717, 1.165) is 45.3 Å². The van der Waals surface area contributed by atoms with Crippen LogP contribution in [0.15, 0.2) is 24.3 Å². The van der Waals surface area contributed by atoms with E-state index in [0.29, 0.717) is 6.10 Å². The summed E-state index contributed by atoms with van der Waals surface area (Å²) in [5, 5.41) is 2.97. The number of nitrogens with one attached hydrogen (secondary N) is 1. The number of hydrogen-bond acceptors (Lipinski definition) is 3. The Kier molecular flexibility index (Phi) is 5.21. The Morgan fingerprint density at radius 2 is 2.00 bits per heavy atom. The molecule has 24 heavy (non-hydrogen) atoms. The fourth-order valence-electron chi connectivity index (χ4n) is 3.66. The normalized spacial score (nSPS) is 24.9. The number of benzene rings is 1. The van der Waals surface area contributed by atoms with Crippen molar-refractivity contribution in [3.8, 4) is 0 Å². The molecule has 1 N–H and O–H groups in total. The van der Waals surface area contributed by atoms with Crippen molar-refractivity contribution >= 4 is 5.91 Å². The molecule has 1 aromatic rings. The fourth-order valence-corrected chi connectivity index (χ4v) is 3.66. The third-order valence-corrected chi connectivity index (χ3v) is 5.06. The summed E-state index contributed by atoms with van der Waals surface area (Å²) in [5.74, 6) is -0.777. The van der Waals surface area contributed by atoms with Gasteiger partial charge < -0.3 is 15.0 Å². The van der Waals surface area contributed by atoms with Gasteiger partial charge in [0.05, 0.1) is 17.3 Å². The lowest BCUT2D eigenvalue weighted by atomic mass is 10.0. The number of piperidine rings is 1. The van der Waals surface area contributed by atoms with Crippen LogP contribution in [0.5, 0.6) is 0 Å². The fraction of sp³-hybridized carbons (Fsp3) is 0.632. The van der Waals surface area contributed by atoms with E-state index in [-0.39, 0.29) is 23.1 Å². The first-order chi connectivity index (χ1) is 11.4. The van der Waals surface area contributed by atoms with Crippen LogP contribution in [-0.4, -0.2) is 48.2 Å². The molecule has 0 aromatic heterocycles. The molecule has 1 unspecified atom stereocenters. The van der Waals surface area contributed by atoms with Crippen molar-refractivity contribution in [1.82, 2.24) is 10.2 Å². The zero-order chi connectivity index (χ0) is 17.2. The zero-order valence-electron chi connectivity index (χ0n) is 14.6. The maximum absolute atomic E-state index is 13.7. The number of halogens is 1. The molecule has 0 spiro atoms. The van der Waals surface area contributed by atoms with Gasteiger partial charge in [0.1, 0.15) is 5.82 Å². The summed E-state index contributed by atoms with van der Waals surface area (Å²) >= 11 is 0. The summed E-state index contributed by atoms with van der Waals surface area (Å²) in [6.45, 7) is 7.16. The second-order valence-corrected chi connectivity index (χ2v) is 7.57. The molecule has 4 nitrogen and oxygen atoms in total. The van der Waals surface area contributed by atoms with E-state index in [1.807, 2.05) is 0 Å². The first kappa shape index (κ1) is 17.4. The standard InChI is InChI=1S/C19H27FN2O2/c1-19(2)10-7-15(24-19)13-22-11-8-14(9-12-22)21-18(23)16-5-3-4-6-17(16)20/h3-6,14-15H,7-13H2,1-2H3,(H,21,23). The van der Waals surface area contributed by atoms with E-state index in [2.05, 4.69) is 24.1 Å². The minimum absolute atomic E-state index is 0.0106. The van der Waals surface area contributed by atoms with Gasteiger partial charge in [-0.1, -0.05) is 12.1 Å². The summed E-state index contributed by atoms with van der Waals surface area (Å²) < 4.78 is 19.7. The Hall–Kier alpha value is -1.46. The SMILES string of the molecule is CC1(C)CCC(CN2CCC(NC(=O)c3ccccc3F)CC2)O1. The molecule has 132 valence electrons. The predicted octanol–water partition coefficient (Wildman–Crippen LogP) is 2.98. The predicted molar refractivity (Wildman–Crippen MR) is 91.5 cm³/mol. The first-order valence-corrected chi connectivity index (χ1v) is 8.88. The van der Waals surface area contributed by atoms with Crippen molar-refractivity contribution in [3.05, 3.63) is 35.6 Å². The van der Waals surface area contributed by atoms with Crippen LogP contribution in [-0.2, 0) is 4.74 Å². The molecule has 2 heterocycles. The third-order valence-electron chi connectivity index (χ3n) is 5.06. The second-order valence-electron chi connectivity index (χ2n) is 7.57. The zero-order valence-corrected chi connectivity index (χ0v) is 14.6. The van der Waals surface area contributed by atoms with Gasteiger partial charge in [0, 0.05) is 25.7 Å². The van der Waals surface area contributed by atoms with Gasteiger partial charge in [-0.15, -0.1) is 0 Å². The Labute approximate surface area is 143 Å². The minimum atomic E-state index is -0.464. The molecule has 1 atom stereocenters. The Morgan fingerprint density at radius 3 is 2.62 bits per heavy atom. The van der Waals surface area contributed by atoms with Gasteiger partial charge in [0.15, 0.2) is 0 Å². The van der Waals surface area contributed by atoms with Crippen molar-refractivity contribution in [2.24, 2.45) is 0 Å². The number of carbonyl (C=O) groups is 1. The highest BCUT2D eigenvalue weighted by molar-refractivity contribution is 5.94. The van der Waals surface area contributed by atoms with Gasteiger partial charge in [-0.05, 0) is 51.7 Å². The van der Waals surface area contributed by atoms with Crippen molar-refractivity contribution < 1.29 is 13.9 Å². The summed E-state index contributed by atoms with van der Waals surface area (Å²) in [4.78, 5) is 14.6. The van der Waals surface area contributed by atoms with Crippen molar-refractivity contribution in [1.29, 1.82) is 0 Å². The van der Waals surface area contributed by atoms with Crippen LogP contribution in [0.4, 0.5) is 4.39 Å². The lowest BCUT2D eigenvalue weighted by Gasteiger charge is -2.34. The van der Waals surface area contributed by atoms with Crippen molar-refractivity contribution in [2.75, 3.05) is 19.6 Å². The monoisotopic (exact) mass is 334 g/mol. The summed E-state index contributed by atoms with van der Waals surface area (Å²) in [6, 6.07) is 6.24. The molecule has 1 amide bonds. The number of amides is 1.